The van der Waals surface area contributed by atoms with Crippen LogP contribution in [0.3, 0.4) is 0 Å². The Morgan fingerprint density at radius 2 is 1.77 bits per heavy atom. The molecule has 2 aromatic heterocycles. The molecule has 2 N–H and O–H groups in total. The Morgan fingerprint density at radius 3 is 2.46 bits per heavy atom. The van der Waals surface area contributed by atoms with Gasteiger partial charge in [0, 0.05) is 19.0 Å². The fraction of sp³-hybridized carbons (Fsp3) is 0.227. The van der Waals surface area contributed by atoms with Gasteiger partial charge >= 0.3 is 12.4 Å². The van der Waals surface area contributed by atoms with E-state index in [1.807, 2.05) is 0 Å². The number of aliphatic imine (C=N–C) groups is 1. The Bertz CT molecular complexity index is 1280. The van der Waals surface area contributed by atoms with E-state index in [4.69, 9.17) is 16.3 Å². The summed E-state index contributed by atoms with van der Waals surface area (Å²) in [5.41, 5.74) is -2.02. The van der Waals surface area contributed by atoms with E-state index in [1.165, 1.54) is 37.6 Å². The molecule has 1 aliphatic heterocycles. The molecule has 0 bridgehead atoms. The molecule has 3 aromatic rings. The van der Waals surface area contributed by atoms with Crippen molar-refractivity contribution < 1.29 is 31.1 Å². The number of halogens is 7. The summed E-state index contributed by atoms with van der Waals surface area (Å²) in [6.07, 6.45) is -8.80. The number of nitrogens with zero attached hydrogens (tertiary/aromatic N) is 3. The molecule has 0 saturated heterocycles. The molecule has 35 heavy (non-hydrogen) atoms. The molecular formula is C22H16ClF6N5O. The maximum absolute atomic E-state index is 13.5. The molecule has 1 aromatic carbocycles. The van der Waals surface area contributed by atoms with Gasteiger partial charge in [0.05, 0.1) is 34.0 Å². The molecule has 0 spiro atoms. The first-order valence-electron chi connectivity index (χ1n) is 9.98. The van der Waals surface area contributed by atoms with Crippen LogP contribution in [0, 0.1) is 0 Å². The highest BCUT2D eigenvalue weighted by molar-refractivity contribution is 6.31. The van der Waals surface area contributed by atoms with E-state index < -0.39 is 34.7 Å². The highest BCUT2D eigenvalue weighted by Gasteiger charge is 2.35. The molecule has 0 aliphatic carbocycles. The average molecular weight is 516 g/mol. The predicted molar refractivity (Wildman–Crippen MR) is 118 cm³/mol. The number of rotatable bonds is 4. The van der Waals surface area contributed by atoms with Crippen molar-refractivity contribution >= 4 is 28.9 Å². The van der Waals surface area contributed by atoms with Gasteiger partial charge in [-0.05, 0) is 42.5 Å². The Balaban J connectivity index is 1.75. The maximum Gasteiger partial charge on any atom is 0.418 e. The van der Waals surface area contributed by atoms with Crippen LogP contribution in [0.1, 0.15) is 16.7 Å². The predicted octanol–water partition coefficient (Wildman–Crippen LogP) is 6.09. The monoisotopic (exact) mass is 515 g/mol. The molecule has 13 heteroatoms. The number of benzene rings is 1. The lowest BCUT2D eigenvalue weighted by Crippen LogP contribution is -2.33. The van der Waals surface area contributed by atoms with Crippen molar-refractivity contribution in [2.45, 2.75) is 18.5 Å². The van der Waals surface area contributed by atoms with Crippen molar-refractivity contribution in [3.8, 4) is 11.4 Å². The number of pyridine rings is 2. The highest BCUT2D eigenvalue weighted by atomic mass is 35.5. The van der Waals surface area contributed by atoms with Gasteiger partial charge in [-0.15, -0.1) is 0 Å². The summed E-state index contributed by atoms with van der Waals surface area (Å²) >= 11 is 5.69. The number of aromatic nitrogens is 2. The first-order valence-corrected chi connectivity index (χ1v) is 10.4. The van der Waals surface area contributed by atoms with Gasteiger partial charge in [0.25, 0.3) is 0 Å². The Labute approximate surface area is 200 Å². The quantitative estimate of drug-likeness (QED) is 0.411. The molecule has 0 amide bonds. The Kier molecular flexibility index (Phi) is 6.60. The van der Waals surface area contributed by atoms with Crippen molar-refractivity contribution in [3.05, 3.63) is 70.4 Å². The minimum absolute atomic E-state index is 0.0487. The number of ether oxygens (including phenoxy) is 1. The second-order valence-electron chi connectivity index (χ2n) is 7.40. The van der Waals surface area contributed by atoms with Crippen LogP contribution in [-0.2, 0) is 17.1 Å². The summed E-state index contributed by atoms with van der Waals surface area (Å²) in [6.45, 7) is 0.0579. The molecule has 1 unspecified atom stereocenters. The van der Waals surface area contributed by atoms with Crippen LogP contribution in [0.4, 0.5) is 37.8 Å². The van der Waals surface area contributed by atoms with E-state index in [9.17, 15) is 26.3 Å². The van der Waals surface area contributed by atoms with E-state index in [-0.39, 0.29) is 35.3 Å². The molecule has 0 radical (unpaired) electrons. The van der Waals surface area contributed by atoms with Crippen molar-refractivity contribution in [1.82, 2.24) is 9.97 Å². The van der Waals surface area contributed by atoms with Gasteiger partial charge in [0.2, 0.25) is 0 Å². The van der Waals surface area contributed by atoms with Crippen LogP contribution in [0.5, 0.6) is 0 Å². The lowest BCUT2D eigenvalue weighted by atomic mass is 10.1. The first-order chi connectivity index (χ1) is 16.5. The van der Waals surface area contributed by atoms with Gasteiger partial charge in [0.1, 0.15) is 23.5 Å². The number of nitrogens with one attached hydrogen (secondary N) is 2. The van der Waals surface area contributed by atoms with Gasteiger partial charge < -0.3 is 15.4 Å². The van der Waals surface area contributed by atoms with Crippen LogP contribution >= 0.6 is 11.6 Å². The number of fused-ring (bicyclic) bond motifs is 1. The number of methoxy groups -OCH3 is 1. The van der Waals surface area contributed by atoms with Gasteiger partial charge in [-0.2, -0.15) is 26.3 Å². The second kappa shape index (κ2) is 9.34. The van der Waals surface area contributed by atoms with Crippen LogP contribution < -0.4 is 10.6 Å². The lowest BCUT2D eigenvalue weighted by Gasteiger charge is -2.25. The summed E-state index contributed by atoms with van der Waals surface area (Å²) in [7, 11) is 1.42. The molecule has 184 valence electrons. The standard InChI is InChI=1S/C22H16ClF6N5O/c1-35-10-17-33-19(31-11-4-6-15(23)14(9-11)22(27,28)29)12-5-7-16(32-20(12)34-17)18-13(21(24,25)26)3-2-8-30-18/h2-9,17H,10H2,1H3,(H,31,33)(H,32,34). The maximum atomic E-state index is 13.5. The number of anilines is 2. The third-order valence-corrected chi connectivity index (χ3v) is 5.28. The fourth-order valence-corrected chi connectivity index (χ4v) is 3.66. The van der Waals surface area contributed by atoms with E-state index in [0.29, 0.717) is 5.56 Å². The zero-order valence-electron chi connectivity index (χ0n) is 17.8. The van der Waals surface area contributed by atoms with Crippen molar-refractivity contribution in [3.63, 3.8) is 0 Å². The second-order valence-corrected chi connectivity index (χ2v) is 7.81. The SMILES string of the molecule is COCC1N=C(Nc2ccc(Cl)c(C(F)(F)F)c2)c2ccc(-c3ncccc3C(F)(F)F)nc2N1. The van der Waals surface area contributed by atoms with Crippen LogP contribution in [0.2, 0.25) is 5.02 Å². The topological polar surface area (TPSA) is 71.4 Å². The summed E-state index contributed by atoms with van der Waals surface area (Å²) < 4.78 is 85.3. The highest BCUT2D eigenvalue weighted by Crippen LogP contribution is 2.38. The molecule has 0 fully saturated rings. The normalized spacial score (nSPS) is 15.8. The number of amidine groups is 1. The van der Waals surface area contributed by atoms with E-state index >= 15 is 0 Å². The zero-order valence-corrected chi connectivity index (χ0v) is 18.6. The fourth-order valence-electron chi connectivity index (χ4n) is 3.44. The first kappa shape index (κ1) is 24.7. The molecule has 1 aliphatic rings. The number of hydrogen-bond acceptors (Lipinski definition) is 6. The number of hydrogen-bond donors (Lipinski definition) is 2. The molecule has 1 atom stereocenters. The van der Waals surface area contributed by atoms with Crippen molar-refractivity contribution in [2.24, 2.45) is 4.99 Å². The summed E-state index contributed by atoms with van der Waals surface area (Å²) in [4.78, 5) is 12.6. The van der Waals surface area contributed by atoms with E-state index in [1.54, 1.807) is 0 Å². The number of alkyl halides is 6. The van der Waals surface area contributed by atoms with Gasteiger partial charge in [-0.1, -0.05) is 11.6 Å². The molecule has 6 nitrogen and oxygen atoms in total. The third kappa shape index (κ3) is 5.33. The average Bonchev–Trinajstić information content (AvgIpc) is 2.79. The third-order valence-electron chi connectivity index (χ3n) is 4.95. The summed E-state index contributed by atoms with van der Waals surface area (Å²) in [5.74, 6) is 0.304. The minimum atomic E-state index is -4.67. The lowest BCUT2D eigenvalue weighted by molar-refractivity contribution is -0.138. The van der Waals surface area contributed by atoms with E-state index in [2.05, 4.69) is 25.6 Å². The summed E-state index contributed by atoms with van der Waals surface area (Å²) in [5, 5.41) is 5.31. The zero-order chi connectivity index (χ0) is 25.4. The summed E-state index contributed by atoms with van der Waals surface area (Å²) in [6, 6.07) is 8.14. The van der Waals surface area contributed by atoms with Crippen LogP contribution in [-0.4, -0.2) is 35.7 Å². The largest absolute Gasteiger partial charge is 0.418 e. The Hall–Kier alpha value is -3.38. The molecule has 0 saturated carbocycles. The smallest absolute Gasteiger partial charge is 0.381 e. The van der Waals surface area contributed by atoms with Crippen molar-refractivity contribution in [2.75, 3.05) is 24.4 Å². The molecule has 4 rings (SSSR count). The van der Waals surface area contributed by atoms with Crippen LogP contribution in [0.15, 0.2) is 53.7 Å². The molecular weight excluding hydrogens is 500 g/mol. The van der Waals surface area contributed by atoms with Gasteiger partial charge in [-0.3, -0.25) is 4.98 Å². The van der Waals surface area contributed by atoms with Gasteiger partial charge in [0.15, 0.2) is 0 Å². The minimum Gasteiger partial charge on any atom is -0.381 e. The van der Waals surface area contributed by atoms with Gasteiger partial charge in [-0.25, -0.2) is 9.98 Å². The van der Waals surface area contributed by atoms with Crippen LogP contribution in [0.25, 0.3) is 11.4 Å². The Morgan fingerprint density at radius 1 is 1.03 bits per heavy atom. The molecule has 3 heterocycles. The van der Waals surface area contributed by atoms with E-state index in [0.717, 1.165) is 18.2 Å². The van der Waals surface area contributed by atoms with Crippen molar-refractivity contribution in [1.29, 1.82) is 0 Å².